The minimum absolute atomic E-state index is 0.0417. The molecule has 7 nitrogen and oxygen atoms in total. The summed E-state index contributed by atoms with van der Waals surface area (Å²) in [5, 5.41) is 8.22. The van der Waals surface area contributed by atoms with Gasteiger partial charge in [-0.05, 0) is 42.0 Å². The van der Waals surface area contributed by atoms with Crippen molar-refractivity contribution in [1.82, 2.24) is 10.2 Å². The number of anilines is 1. The van der Waals surface area contributed by atoms with Crippen LogP contribution in [0, 0.1) is 5.82 Å². The summed E-state index contributed by atoms with van der Waals surface area (Å²) in [5.41, 5.74) is 1.72. The number of halogens is 1. The zero-order chi connectivity index (χ0) is 23.3. The zero-order valence-corrected chi connectivity index (χ0v) is 18.8. The lowest BCUT2D eigenvalue weighted by molar-refractivity contribution is -0.117. The number of hydrogen-bond donors (Lipinski definition) is 0. The molecule has 0 N–H and O–H groups in total. The van der Waals surface area contributed by atoms with E-state index >= 15 is 0 Å². The van der Waals surface area contributed by atoms with Crippen LogP contribution in [0.2, 0.25) is 0 Å². The van der Waals surface area contributed by atoms with Gasteiger partial charge in [0.05, 0.1) is 17.5 Å². The van der Waals surface area contributed by atoms with Crippen molar-refractivity contribution in [1.29, 1.82) is 0 Å². The second-order valence-electron chi connectivity index (χ2n) is 7.46. The monoisotopic (exact) mass is 477 g/mol. The van der Waals surface area contributed by atoms with Gasteiger partial charge >= 0.3 is 0 Å². The number of ether oxygens (including phenoxy) is 2. The minimum atomic E-state index is -0.342. The summed E-state index contributed by atoms with van der Waals surface area (Å²) < 4.78 is 30.1. The molecular formula is C25H20FN3O4S. The van der Waals surface area contributed by atoms with Crippen molar-refractivity contribution in [3.05, 3.63) is 96.1 Å². The smallest absolute Gasteiger partial charge is 0.277 e. The molecule has 2 heterocycles. The lowest BCUT2D eigenvalue weighted by Gasteiger charge is -2.37. The normalized spacial score (nSPS) is 14.9. The molecule has 0 radical (unpaired) electrons. The van der Waals surface area contributed by atoms with Gasteiger partial charge in [0.1, 0.15) is 23.9 Å². The molecule has 0 aliphatic carbocycles. The van der Waals surface area contributed by atoms with Gasteiger partial charge < -0.3 is 13.9 Å². The second kappa shape index (κ2) is 9.96. The summed E-state index contributed by atoms with van der Waals surface area (Å²) in [4.78, 5) is 15.1. The van der Waals surface area contributed by atoms with E-state index in [4.69, 9.17) is 13.9 Å². The zero-order valence-electron chi connectivity index (χ0n) is 18.0. The number of hydrogen-bond acceptors (Lipinski definition) is 7. The fourth-order valence-corrected chi connectivity index (χ4v) is 4.28. The van der Waals surface area contributed by atoms with Crippen LogP contribution in [0.15, 0.2) is 88.5 Å². The third kappa shape index (κ3) is 4.89. The maximum absolute atomic E-state index is 13.4. The van der Waals surface area contributed by atoms with E-state index in [0.29, 0.717) is 18.1 Å². The SMILES string of the molecule is O=C(CSc1nnc(COc2ccc(F)cc2)o1)N1c2ccccc2OC[C@H]1c1ccccc1. The van der Waals surface area contributed by atoms with E-state index < -0.39 is 0 Å². The summed E-state index contributed by atoms with van der Waals surface area (Å²) in [5.74, 6) is 1.09. The highest BCUT2D eigenvalue weighted by atomic mass is 32.2. The highest BCUT2D eigenvalue weighted by Crippen LogP contribution is 2.39. The molecule has 4 aromatic rings. The van der Waals surface area contributed by atoms with Gasteiger partial charge in [-0.25, -0.2) is 4.39 Å². The topological polar surface area (TPSA) is 77.7 Å². The molecular weight excluding hydrogens is 457 g/mol. The van der Waals surface area contributed by atoms with Gasteiger partial charge in [0.15, 0.2) is 6.61 Å². The molecule has 9 heteroatoms. The van der Waals surface area contributed by atoms with Gasteiger partial charge in [-0.15, -0.1) is 10.2 Å². The van der Waals surface area contributed by atoms with Gasteiger partial charge in [-0.3, -0.25) is 9.69 Å². The molecule has 3 aromatic carbocycles. The Morgan fingerprint density at radius 3 is 2.62 bits per heavy atom. The molecule has 1 aliphatic rings. The van der Waals surface area contributed by atoms with Crippen molar-refractivity contribution in [3.63, 3.8) is 0 Å². The van der Waals surface area contributed by atoms with Crippen molar-refractivity contribution in [2.75, 3.05) is 17.3 Å². The number of fused-ring (bicyclic) bond motifs is 1. The molecule has 1 atom stereocenters. The lowest BCUT2D eigenvalue weighted by Crippen LogP contribution is -2.42. The molecule has 0 saturated carbocycles. The van der Waals surface area contributed by atoms with Crippen molar-refractivity contribution >= 4 is 23.4 Å². The maximum atomic E-state index is 13.4. The van der Waals surface area contributed by atoms with Crippen LogP contribution in [0.25, 0.3) is 0 Å². The molecule has 172 valence electrons. The van der Waals surface area contributed by atoms with Crippen molar-refractivity contribution in [2.45, 2.75) is 17.9 Å². The Labute approximate surface area is 199 Å². The van der Waals surface area contributed by atoms with Crippen molar-refractivity contribution in [2.24, 2.45) is 0 Å². The van der Waals surface area contributed by atoms with Crippen LogP contribution in [0.3, 0.4) is 0 Å². The van der Waals surface area contributed by atoms with Gasteiger partial charge in [-0.1, -0.05) is 54.2 Å². The third-order valence-electron chi connectivity index (χ3n) is 5.23. The number of benzene rings is 3. The number of amides is 1. The van der Waals surface area contributed by atoms with Crippen LogP contribution < -0.4 is 14.4 Å². The molecule has 0 spiro atoms. The Kier molecular flexibility index (Phi) is 6.44. The number of para-hydroxylation sites is 2. The molecule has 34 heavy (non-hydrogen) atoms. The first kappa shape index (κ1) is 22.0. The van der Waals surface area contributed by atoms with E-state index in [-0.39, 0.29) is 41.2 Å². The highest BCUT2D eigenvalue weighted by molar-refractivity contribution is 7.99. The predicted molar refractivity (Wildman–Crippen MR) is 124 cm³/mol. The Morgan fingerprint density at radius 1 is 1.03 bits per heavy atom. The Hall–Kier alpha value is -3.85. The fraction of sp³-hybridized carbons (Fsp3) is 0.160. The number of thioether (sulfide) groups is 1. The first-order valence-electron chi connectivity index (χ1n) is 10.6. The molecule has 5 rings (SSSR count). The van der Waals surface area contributed by atoms with E-state index in [1.54, 1.807) is 4.90 Å². The van der Waals surface area contributed by atoms with Crippen molar-refractivity contribution in [3.8, 4) is 11.5 Å². The van der Waals surface area contributed by atoms with Crippen molar-refractivity contribution < 1.29 is 23.1 Å². The molecule has 0 fully saturated rings. The Morgan fingerprint density at radius 2 is 1.79 bits per heavy atom. The number of carbonyl (C=O) groups excluding carboxylic acids is 1. The summed E-state index contributed by atoms with van der Waals surface area (Å²) in [6, 6.07) is 22.7. The van der Waals surface area contributed by atoms with Gasteiger partial charge in [0.2, 0.25) is 5.91 Å². The standard InChI is InChI=1S/C25H20FN3O4S/c26-18-10-12-19(13-11-18)31-15-23-27-28-25(33-23)34-16-24(30)29-20-8-4-5-9-22(20)32-14-21(29)17-6-2-1-3-7-17/h1-13,21H,14-16H2/t21-/m0/s1. The van der Waals surface area contributed by atoms with Crippen LogP contribution in [-0.2, 0) is 11.4 Å². The van der Waals surface area contributed by atoms with Crippen LogP contribution in [0.5, 0.6) is 11.5 Å². The number of aromatic nitrogens is 2. The van der Waals surface area contributed by atoms with Gasteiger partial charge in [0, 0.05) is 0 Å². The fourth-order valence-electron chi connectivity index (χ4n) is 3.64. The van der Waals surface area contributed by atoms with Crippen LogP contribution >= 0.6 is 11.8 Å². The first-order valence-corrected chi connectivity index (χ1v) is 11.6. The van der Waals surface area contributed by atoms with Crippen LogP contribution in [0.1, 0.15) is 17.5 Å². The largest absolute Gasteiger partial charge is 0.489 e. The molecule has 0 saturated heterocycles. The molecule has 1 amide bonds. The molecule has 1 aliphatic heterocycles. The van der Waals surface area contributed by atoms with Gasteiger partial charge in [-0.2, -0.15) is 0 Å². The third-order valence-corrected chi connectivity index (χ3v) is 6.03. The predicted octanol–water partition coefficient (Wildman–Crippen LogP) is 5.05. The summed E-state index contributed by atoms with van der Waals surface area (Å²) in [6.07, 6.45) is 0. The number of nitrogens with zero attached hydrogens (tertiary/aromatic N) is 3. The van der Waals surface area contributed by atoms with E-state index in [1.807, 2.05) is 54.6 Å². The first-order chi connectivity index (χ1) is 16.7. The average Bonchev–Trinajstić information content (AvgIpc) is 3.34. The van der Waals surface area contributed by atoms with E-state index in [0.717, 1.165) is 23.0 Å². The summed E-state index contributed by atoms with van der Waals surface area (Å²) >= 11 is 1.16. The number of carbonyl (C=O) groups is 1. The number of rotatable bonds is 7. The lowest BCUT2D eigenvalue weighted by atomic mass is 10.0. The summed E-state index contributed by atoms with van der Waals surface area (Å²) in [6.45, 7) is 0.406. The molecule has 1 aromatic heterocycles. The van der Waals surface area contributed by atoms with Crippen LogP contribution in [0.4, 0.5) is 10.1 Å². The van der Waals surface area contributed by atoms with Gasteiger partial charge in [0.25, 0.3) is 11.1 Å². The quantitative estimate of drug-likeness (QED) is 0.345. The molecule has 0 unspecified atom stereocenters. The summed E-state index contributed by atoms with van der Waals surface area (Å²) in [7, 11) is 0. The Balaban J connectivity index is 1.26. The molecule has 0 bridgehead atoms. The maximum Gasteiger partial charge on any atom is 0.277 e. The highest BCUT2D eigenvalue weighted by Gasteiger charge is 2.33. The van der Waals surface area contributed by atoms with E-state index in [9.17, 15) is 9.18 Å². The van der Waals surface area contributed by atoms with E-state index in [2.05, 4.69) is 10.2 Å². The van der Waals surface area contributed by atoms with Crippen LogP contribution in [-0.4, -0.2) is 28.5 Å². The Bertz CT molecular complexity index is 1270. The van der Waals surface area contributed by atoms with E-state index in [1.165, 1.54) is 24.3 Å². The second-order valence-corrected chi connectivity index (χ2v) is 8.39. The minimum Gasteiger partial charge on any atom is -0.489 e. The average molecular weight is 478 g/mol.